The SMILES string of the molecule is CN1C=NN(C2CNN=C2c2ccc(Cl)cc2)N1. The number of hydrogen-bond donors (Lipinski definition) is 2. The Bertz CT molecular complexity index is 497. The Morgan fingerprint density at radius 3 is 2.78 bits per heavy atom. The lowest BCUT2D eigenvalue weighted by Crippen LogP contribution is -2.48. The van der Waals surface area contributed by atoms with Gasteiger partial charge in [-0.2, -0.15) is 10.2 Å². The third-order valence-electron chi connectivity index (χ3n) is 2.84. The minimum absolute atomic E-state index is 0.0624. The molecule has 2 heterocycles. The van der Waals surface area contributed by atoms with Crippen molar-refractivity contribution in [3.05, 3.63) is 34.9 Å². The molecule has 0 bridgehead atoms. The standard InChI is InChI=1S/C11H13ClN6/c1-17-7-14-18(16-17)10-6-13-15-11(10)8-2-4-9(12)5-3-8/h2-5,7,10,13,16H,6H2,1H3. The minimum atomic E-state index is 0.0624. The zero-order chi connectivity index (χ0) is 12.5. The summed E-state index contributed by atoms with van der Waals surface area (Å²) in [6, 6.07) is 7.71. The molecule has 2 aliphatic heterocycles. The summed E-state index contributed by atoms with van der Waals surface area (Å²) >= 11 is 5.89. The van der Waals surface area contributed by atoms with Crippen LogP contribution in [0, 0.1) is 0 Å². The van der Waals surface area contributed by atoms with Crippen molar-refractivity contribution in [3.8, 4) is 0 Å². The third-order valence-corrected chi connectivity index (χ3v) is 3.10. The van der Waals surface area contributed by atoms with E-state index in [0.29, 0.717) is 0 Å². The van der Waals surface area contributed by atoms with Crippen LogP contribution in [0.4, 0.5) is 0 Å². The van der Waals surface area contributed by atoms with E-state index < -0.39 is 0 Å². The second-order valence-electron chi connectivity index (χ2n) is 4.17. The molecule has 7 heteroatoms. The molecule has 0 fully saturated rings. The van der Waals surface area contributed by atoms with Crippen LogP contribution in [0.1, 0.15) is 5.56 Å². The van der Waals surface area contributed by atoms with E-state index in [1.165, 1.54) is 0 Å². The van der Waals surface area contributed by atoms with Gasteiger partial charge in [-0.1, -0.05) is 23.7 Å². The van der Waals surface area contributed by atoms with E-state index in [1.807, 2.05) is 31.3 Å². The van der Waals surface area contributed by atoms with Crippen LogP contribution < -0.4 is 11.0 Å². The molecule has 1 atom stereocenters. The van der Waals surface area contributed by atoms with E-state index >= 15 is 0 Å². The summed E-state index contributed by atoms with van der Waals surface area (Å²) in [6.45, 7) is 0.718. The van der Waals surface area contributed by atoms with Crippen molar-refractivity contribution in [2.45, 2.75) is 6.04 Å². The van der Waals surface area contributed by atoms with Crippen LogP contribution in [0.2, 0.25) is 5.02 Å². The van der Waals surface area contributed by atoms with E-state index in [9.17, 15) is 0 Å². The second kappa shape index (κ2) is 4.47. The maximum atomic E-state index is 5.89. The van der Waals surface area contributed by atoms with Gasteiger partial charge in [0.1, 0.15) is 12.4 Å². The van der Waals surface area contributed by atoms with E-state index in [-0.39, 0.29) is 6.04 Å². The molecule has 0 saturated carbocycles. The van der Waals surface area contributed by atoms with Gasteiger partial charge in [-0.15, -0.1) is 10.6 Å². The average molecular weight is 265 g/mol. The average Bonchev–Trinajstić information content (AvgIpc) is 2.98. The number of rotatable bonds is 2. The Kier molecular flexibility index (Phi) is 2.81. The molecule has 1 aromatic carbocycles. The molecule has 18 heavy (non-hydrogen) atoms. The minimum Gasteiger partial charge on any atom is -0.307 e. The summed E-state index contributed by atoms with van der Waals surface area (Å²) in [5.74, 6) is 0. The van der Waals surface area contributed by atoms with Crippen LogP contribution in [0.25, 0.3) is 0 Å². The van der Waals surface area contributed by atoms with Crippen LogP contribution in [0.15, 0.2) is 34.5 Å². The number of nitrogens with zero attached hydrogens (tertiary/aromatic N) is 4. The van der Waals surface area contributed by atoms with Crippen molar-refractivity contribution in [2.75, 3.05) is 13.6 Å². The Labute approximate surface area is 110 Å². The molecule has 94 valence electrons. The molecule has 3 rings (SSSR count). The van der Waals surface area contributed by atoms with Crippen molar-refractivity contribution in [3.63, 3.8) is 0 Å². The molecule has 0 radical (unpaired) electrons. The molecule has 1 aromatic rings. The van der Waals surface area contributed by atoms with Crippen LogP contribution in [-0.2, 0) is 0 Å². The molecule has 0 saturated heterocycles. The predicted octanol–water partition coefficient (Wildman–Crippen LogP) is 0.626. The highest BCUT2D eigenvalue weighted by atomic mass is 35.5. The molecule has 2 N–H and O–H groups in total. The number of hydrogen-bond acceptors (Lipinski definition) is 6. The highest BCUT2D eigenvalue weighted by molar-refractivity contribution is 6.30. The maximum Gasteiger partial charge on any atom is 0.129 e. The summed E-state index contributed by atoms with van der Waals surface area (Å²) < 4.78 is 0. The van der Waals surface area contributed by atoms with Gasteiger partial charge in [0.05, 0.1) is 12.3 Å². The maximum absolute atomic E-state index is 5.89. The second-order valence-corrected chi connectivity index (χ2v) is 4.60. The van der Waals surface area contributed by atoms with Gasteiger partial charge in [0.15, 0.2) is 0 Å². The van der Waals surface area contributed by atoms with Gasteiger partial charge in [0.2, 0.25) is 0 Å². The van der Waals surface area contributed by atoms with E-state index in [1.54, 1.807) is 16.5 Å². The number of benzene rings is 1. The first kappa shape index (κ1) is 11.3. The Hall–Kier alpha value is -1.79. The fourth-order valence-corrected chi connectivity index (χ4v) is 2.09. The Morgan fingerprint density at radius 2 is 2.11 bits per heavy atom. The topological polar surface area (TPSA) is 55.3 Å². The van der Waals surface area contributed by atoms with Crippen LogP contribution in [0.3, 0.4) is 0 Å². The van der Waals surface area contributed by atoms with Crippen LogP contribution in [0.5, 0.6) is 0 Å². The van der Waals surface area contributed by atoms with Crippen molar-refractivity contribution in [1.82, 2.24) is 21.1 Å². The van der Waals surface area contributed by atoms with E-state index in [0.717, 1.165) is 22.8 Å². The first-order valence-electron chi connectivity index (χ1n) is 5.63. The van der Waals surface area contributed by atoms with Crippen LogP contribution >= 0.6 is 11.6 Å². The molecular formula is C11H13ClN6. The van der Waals surface area contributed by atoms with Gasteiger partial charge in [0.25, 0.3) is 0 Å². The number of hydrazone groups is 2. The van der Waals surface area contributed by atoms with Crippen LogP contribution in [-0.4, -0.2) is 41.8 Å². The largest absolute Gasteiger partial charge is 0.307 e. The number of nitrogens with one attached hydrogen (secondary N) is 2. The summed E-state index contributed by atoms with van der Waals surface area (Å²) in [5, 5.41) is 12.9. The monoisotopic (exact) mass is 264 g/mol. The molecule has 6 nitrogen and oxygen atoms in total. The third kappa shape index (κ3) is 2.00. The fourth-order valence-electron chi connectivity index (χ4n) is 1.96. The quantitative estimate of drug-likeness (QED) is 0.823. The zero-order valence-corrected chi connectivity index (χ0v) is 10.6. The predicted molar refractivity (Wildman–Crippen MR) is 71.0 cm³/mol. The fraction of sp³-hybridized carbons (Fsp3) is 0.273. The van der Waals surface area contributed by atoms with Crippen molar-refractivity contribution < 1.29 is 0 Å². The van der Waals surface area contributed by atoms with Gasteiger partial charge in [-0.25, -0.2) is 0 Å². The van der Waals surface area contributed by atoms with E-state index in [2.05, 4.69) is 21.2 Å². The summed E-state index contributed by atoms with van der Waals surface area (Å²) in [6.07, 6.45) is 1.72. The highest BCUT2D eigenvalue weighted by Crippen LogP contribution is 2.16. The first-order valence-corrected chi connectivity index (χ1v) is 6.01. The van der Waals surface area contributed by atoms with Gasteiger partial charge in [-0.3, -0.25) is 5.01 Å². The molecule has 0 aliphatic carbocycles. The molecule has 0 spiro atoms. The molecule has 1 unspecified atom stereocenters. The number of halogens is 1. The zero-order valence-electron chi connectivity index (χ0n) is 9.84. The van der Waals surface area contributed by atoms with Gasteiger partial charge in [-0.05, 0) is 12.1 Å². The van der Waals surface area contributed by atoms with Crippen molar-refractivity contribution in [2.24, 2.45) is 10.2 Å². The molecule has 0 aromatic heterocycles. The summed E-state index contributed by atoms with van der Waals surface area (Å²) in [7, 11) is 1.89. The molecular weight excluding hydrogens is 252 g/mol. The van der Waals surface area contributed by atoms with Gasteiger partial charge in [0, 0.05) is 17.6 Å². The highest BCUT2D eigenvalue weighted by Gasteiger charge is 2.30. The van der Waals surface area contributed by atoms with E-state index in [4.69, 9.17) is 11.6 Å². The summed E-state index contributed by atoms with van der Waals surface area (Å²) in [4.78, 5) is 0. The van der Waals surface area contributed by atoms with Crippen molar-refractivity contribution >= 4 is 23.7 Å². The van der Waals surface area contributed by atoms with Gasteiger partial charge < -0.3 is 5.43 Å². The molecule has 2 aliphatic rings. The lowest BCUT2D eigenvalue weighted by atomic mass is 10.0. The smallest absolute Gasteiger partial charge is 0.129 e. The Morgan fingerprint density at radius 1 is 1.33 bits per heavy atom. The molecule has 0 amide bonds. The Balaban J connectivity index is 1.83. The van der Waals surface area contributed by atoms with Crippen molar-refractivity contribution in [1.29, 1.82) is 0 Å². The van der Waals surface area contributed by atoms with Gasteiger partial charge >= 0.3 is 0 Å². The summed E-state index contributed by atoms with van der Waals surface area (Å²) in [5.41, 5.74) is 8.11. The normalized spacial score (nSPS) is 22.3. The first-order chi connectivity index (χ1) is 8.74. The lowest BCUT2D eigenvalue weighted by molar-refractivity contribution is 0.113. The lowest BCUT2D eigenvalue weighted by Gasteiger charge is -2.23. The number of hydrazine groups is 2.